The van der Waals surface area contributed by atoms with Crippen LogP contribution in [0.15, 0.2) is 24.3 Å². The fourth-order valence-corrected chi connectivity index (χ4v) is 4.44. The molecule has 12 heteroatoms. The maximum absolute atomic E-state index is 16.1. The van der Waals surface area contributed by atoms with Gasteiger partial charge in [0.2, 0.25) is 5.88 Å². The second-order valence-corrected chi connectivity index (χ2v) is 8.37. The van der Waals surface area contributed by atoms with Crippen molar-refractivity contribution in [3.05, 3.63) is 40.9 Å². The smallest absolute Gasteiger partial charge is 0.318 e. The number of aromatic nitrogens is 3. The number of nitrogens with zero attached hydrogens (tertiary/aromatic N) is 4. The summed E-state index contributed by atoms with van der Waals surface area (Å²) in [6.45, 7) is 0.903. The van der Waals surface area contributed by atoms with Crippen molar-refractivity contribution >= 4 is 39.1 Å². The lowest BCUT2D eigenvalue weighted by Crippen LogP contribution is -2.40. The van der Waals surface area contributed by atoms with Gasteiger partial charge in [-0.25, -0.2) is 22.5 Å². The highest BCUT2D eigenvalue weighted by atomic mass is 35.5. The van der Waals surface area contributed by atoms with Crippen molar-refractivity contribution < 1.29 is 32.1 Å². The summed E-state index contributed by atoms with van der Waals surface area (Å²) >= 11 is 6.21. The van der Waals surface area contributed by atoms with Gasteiger partial charge in [0.1, 0.15) is 40.6 Å². The van der Waals surface area contributed by atoms with E-state index in [0.29, 0.717) is 5.39 Å². The lowest BCUT2D eigenvalue weighted by molar-refractivity contribution is 0.149. The van der Waals surface area contributed by atoms with E-state index in [-0.39, 0.29) is 62.6 Å². The summed E-state index contributed by atoms with van der Waals surface area (Å²) in [5.41, 5.74) is -0.642. The molecule has 182 valence electrons. The van der Waals surface area contributed by atoms with E-state index in [2.05, 4.69) is 15.0 Å². The Hall–Kier alpha value is -3.60. The van der Waals surface area contributed by atoms with Gasteiger partial charge in [-0.1, -0.05) is 17.7 Å². The number of benzene rings is 2. The molecule has 0 saturated carbocycles. The average molecular weight is 509 g/mol. The molecule has 0 amide bonds. The molecule has 0 aliphatic carbocycles. The predicted molar refractivity (Wildman–Crippen MR) is 122 cm³/mol. The molecule has 7 nitrogen and oxygen atoms in total. The minimum absolute atomic E-state index is 0.00962. The summed E-state index contributed by atoms with van der Waals surface area (Å²) in [7, 11) is 1.26. The number of fused-ring (bicyclic) bond motifs is 1. The van der Waals surface area contributed by atoms with Crippen LogP contribution in [-0.4, -0.2) is 52.8 Å². The van der Waals surface area contributed by atoms with E-state index in [4.69, 9.17) is 21.1 Å². The van der Waals surface area contributed by atoms with Crippen LogP contribution in [0.25, 0.3) is 32.9 Å². The lowest BCUT2D eigenvalue weighted by Gasteiger charge is -2.28. The predicted octanol–water partition coefficient (Wildman–Crippen LogP) is 5.34. The molecule has 3 heterocycles. The number of methoxy groups -OCH3 is 1. The van der Waals surface area contributed by atoms with Gasteiger partial charge in [-0.2, -0.15) is 9.97 Å². The Morgan fingerprint density at radius 3 is 2.69 bits per heavy atom. The molecule has 1 aliphatic rings. The maximum Gasteiger partial charge on any atom is 0.318 e. The molecular weight excluding hydrogens is 492 g/mol. The van der Waals surface area contributed by atoms with E-state index >= 15 is 4.39 Å². The van der Waals surface area contributed by atoms with Gasteiger partial charge in [0.25, 0.3) is 6.43 Å². The number of aromatic hydroxyl groups is 1. The molecule has 4 aromatic rings. The second-order valence-electron chi connectivity index (χ2n) is 7.99. The Balaban J connectivity index is 1.88. The third-order valence-electron chi connectivity index (χ3n) is 5.74. The number of alkyl halides is 2. The second kappa shape index (κ2) is 8.56. The van der Waals surface area contributed by atoms with Crippen molar-refractivity contribution in [2.75, 3.05) is 25.2 Å². The number of rotatable bonds is 4. The van der Waals surface area contributed by atoms with Gasteiger partial charge in [-0.15, -0.1) is 0 Å². The zero-order valence-electron chi connectivity index (χ0n) is 18.3. The van der Waals surface area contributed by atoms with E-state index in [9.17, 15) is 18.3 Å². The normalized spacial score (nSPS) is 15.5. The first-order valence-electron chi connectivity index (χ1n) is 10.4. The van der Waals surface area contributed by atoms with Crippen molar-refractivity contribution in [1.29, 1.82) is 0 Å². The van der Waals surface area contributed by atoms with Gasteiger partial charge in [-0.3, -0.25) is 0 Å². The molecule has 1 atom stereocenters. The highest BCUT2D eigenvalue weighted by molar-refractivity contribution is 6.37. The molecule has 2 aromatic heterocycles. The van der Waals surface area contributed by atoms with Gasteiger partial charge < -0.3 is 19.5 Å². The number of phenolic OH excluding ortho intramolecular Hbond substituents is 1. The molecule has 5 rings (SSSR count). The molecule has 35 heavy (non-hydrogen) atoms. The Kier molecular flexibility index (Phi) is 5.66. The standard InChI is InChI=1S/C23H17ClF4N4O3/c1-9-8-35-22-16-20(30-23(34-2)31-21(16)32(9)7-14(26)27)18(28)19(29-22)12-6-11(33)5-10-3-4-13(25)17(24)15(10)12/h3-6,9,14,33H,7-8H2,1-2H3/t9-/m0/s1. The fraction of sp³-hybridized carbons (Fsp3) is 0.261. The Bertz CT molecular complexity index is 1490. The fourth-order valence-electron chi connectivity index (χ4n) is 4.17. The van der Waals surface area contributed by atoms with Crippen LogP contribution in [-0.2, 0) is 0 Å². The number of halogens is 5. The van der Waals surface area contributed by atoms with Crippen molar-refractivity contribution in [2.45, 2.75) is 19.4 Å². The SMILES string of the molecule is COc1nc2c3c(nc(-c4cc(O)cc5ccc(F)c(Cl)c45)c(F)c3n1)OC[C@H](C)N2CC(F)F. The van der Waals surface area contributed by atoms with Crippen molar-refractivity contribution in [2.24, 2.45) is 0 Å². The third kappa shape index (κ3) is 3.79. The summed E-state index contributed by atoms with van der Waals surface area (Å²) in [4.78, 5) is 13.9. The molecule has 0 fully saturated rings. The van der Waals surface area contributed by atoms with E-state index in [1.807, 2.05) is 0 Å². The number of anilines is 1. The van der Waals surface area contributed by atoms with Crippen LogP contribution in [0.3, 0.4) is 0 Å². The number of hydrogen-bond donors (Lipinski definition) is 1. The van der Waals surface area contributed by atoms with Crippen molar-refractivity contribution in [3.63, 3.8) is 0 Å². The summed E-state index contributed by atoms with van der Waals surface area (Å²) in [5.74, 6) is -2.09. The van der Waals surface area contributed by atoms with E-state index in [0.717, 1.165) is 6.07 Å². The largest absolute Gasteiger partial charge is 0.508 e. The van der Waals surface area contributed by atoms with Gasteiger partial charge in [0.05, 0.1) is 24.7 Å². The van der Waals surface area contributed by atoms with Crippen LogP contribution in [0.2, 0.25) is 5.02 Å². The van der Waals surface area contributed by atoms with Crippen molar-refractivity contribution in [3.8, 4) is 28.9 Å². The summed E-state index contributed by atoms with van der Waals surface area (Å²) in [6.07, 6.45) is -2.71. The van der Waals surface area contributed by atoms with Crippen LogP contribution >= 0.6 is 11.6 Å². The number of hydrogen-bond acceptors (Lipinski definition) is 7. The minimum Gasteiger partial charge on any atom is -0.508 e. The van der Waals surface area contributed by atoms with Gasteiger partial charge in [0.15, 0.2) is 5.82 Å². The molecule has 1 N–H and O–H groups in total. The molecule has 0 spiro atoms. The zero-order valence-corrected chi connectivity index (χ0v) is 19.1. The van der Waals surface area contributed by atoms with Crippen LogP contribution < -0.4 is 14.4 Å². The molecule has 0 radical (unpaired) electrons. The minimum atomic E-state index is -2.71. The Labute approximate surface area is 200 Å². The third-order valence-corrected chi connectivity index (χ3v) is 6.11. The quantitative estimate of drug-likeness (QED) is 0.372. The first-order valence-corrected chi connectivity index (χ1v) is 10.8. The van der Waals surface area contributed by atoms with Gasteiger partial charge >= 0.3 is 6.01 Å². The van der Waals surface area contributed by atoms with Crippen LogP contribution in [0, 0.1) is 11.6 Å². The monoisotopic (exact) mass is 508 g/mol. The number of ether oxygens (including phenoxy) is 2. The summed E-state index contributed by atoms with van der Waals surface area (Å²) in [6, 6.07) is 4.22. The summed E-state index contributed by atoms with van der Waals surface area (Å²) in [5, 5.41) is 10.4. The van der Waals surface area contributed by atoms with Gasteiger partial charge in [0, 0.05) is 10.9 Å². The van der Waals surface area contributed by atoms with Crippen molar-refractivity contribution in [1.82, 2.24) is 15.0 Å². The molecule has 1 aliphatic heterocycles. The zero-order chi connectivity index (χ0) is 25.0. The topological polar surface area (TPSA) is 80.6 Å². The molecule has 0 unspecified atom stereocenters. The first-order chi connectivity index (χ1) is 16.7. The van der Waals surface area contributed by atoms with E-state index in [1.54, 1.807) is 6.92 Å². The number of pyridine rings is 1. The first kappa shape index (κ1) is 23.2. The Morgan fingerprint density at radius 1 is 1.20 bits per heavy atom. The molecule has 2 aromatic carbocycles. The maximum atomic E-state index is 16.1. The summed E-state index contributed by atoms with van der Waals surface area (Å²) < 4.78 is 68.0. The highest BCUT2D eigenvalue weighted by Gasteiger charge is 2.32. The van der Waals surface area contributed by atoms with E-state index < -0.39 is 30.6 Å². The average Bonchev–Trinajstić information content (AvgIpc) is 2.95. The van der Waals surface area contributed by atoms with Gasteiger partial charge in [-0.05, 0) is 30.5 Å². The molecule has 0 bridgehead atoms. The van der Waals surface area contributed by atoms with Crippen LogP contribution in [0.4, 0.5) is 23.4 Å². The van der Waals surface area contributed by atoms with Crippen LogP contribution in [0.5, 0.6) is 17.6 Å². The molecule has 0 saturated heterocycles. The highest BCUT2D eigenvalue weighted by Crippen LogP contribution is 2.43. The molecular formula is C23H17ClF4N4O3. The number of phenols is 1. The Morgan fingerprint density at radius 2 is 1.97 bits per heavy atom. The lowest BCUT2D eigenvalue weighted by atomic mass is 9.99. The van der Waals surface area contributed by atoms with Crippen LogP contribution in [0.1, 0.15) is 6.92 Å². The van der Waals surface area contributed by atoms with E-state index in [1.165, 1.54) is 30.2 Å².